The van der Waals surface area contributed by atoms with Gasteiger partial charge >= 0.3 is 0 Å². The molecule has 0 bridgehead atoms. The highest BCUT2D eigenvalue weighted by molar-refractivity contribution is 7.90. The molecule has 0 aliphatic rings. The average Bonchev–Trinajstić information content (AvgIpc) is 2.26. The highest BCUT2D eigenvalue weighted by Gasteiger charge is 2.25. The van der Waals surface area contributed by atoms with E-state index >= 15 is 0 Å². The van der Waals surface area contributed by atoms with E-state index in [1.54, 1.807) is 38.3 Å². The molecule has 0 amide bonds. The summed E-state index contributed by atoms with van der Waals surface area (Å²) in [5.41, 5.74) is -0.516. The Kier molecular flexibility index (Phi) is 4.16. The normalized spacial score (nSPS) is 15.3. The molecule has 1 atom stereocenters. The van der Waals surface area contributed by atoms with Crippen molar-refractivity contribution < 1.29 is 18.3 Å². The molecule has 0 heterocycles. The molecule has 0 saturated heterocycles. The van der Waals surface area contributed by atoms with Crippen LogP contribution < -0.4 is 4.74 Å². The lowest BCUT2D eigenvalue weighted by Gasteiger charge is -2.23. The minimum absolute atomic E-state index is 0.0444. The van der Waals surface area contributed by atoms with Crippen LogP contribution in [0.2, 0.25) is 0 Å². The molecule has 0 aromatic heterocycles. The van der Waals surface area contributed by atoms with Crippen molar-refractivity contribution in [1.29, 1.82) is 0 Å². The third-order valence-electron chi connectivity index (χ3n) is 2.65. The summed E-state index contributed by atoms with van der Waals surface area (Å²) < 4.78 is 27.3. The van der Waals surface area contributed by atoms with Gasteiger partial charge in [0.2, 0.25) is 0 Å². The molecule has 0 fully saturated rings. The Balaban J connectivity index is 2.88. The second-order valence-corrected chi connectivity index (χ2v) is 6.65. The van der Waals surface area contributed by atoms with E-state index in [4.69, 9.17) is 4.74 Å². The molecule has 4 nitrogen and oxygen atoms in total. The fourth-order valence-corrected chi connectivity index (χ4v) is 2.25. The summed E-state index contributed by atoms with van der Waals surface area (Å²) in [5.74, 6) is 0.596. The Morgan fingerprint density at radius 1 is 1.41 bits per heavy atom. The number of benzene rings is 1. The zero-order valence-electron chi connectivity index (χ0n) is 10.3. The smallest absolute Gasteiger partial charge is 0.147 e. The molecule has 1 N–H and O–H groups in total. The zero-order chi connectivity index (χ0) is 13.1. The zero-order valence-corrected chi connectivity index (χ0v) is 11.1. The molecule has 0 aliphatic heterocycles. The molecular weight excluding hydrogens is 240 g/mol. The van der Waals surface area contributed by atoms with Gasteiger partial charge in [0.1, 0.15) is 15.6 Å². The van der Waals surface area contributed by atoms with E-state index in [2.05, 4.69) is 0 Å². The lowest BCUT2D eigenvalue weighted by Crippen LogP contribution is -2.24. The van der Waals surface area contributed by atoms with Crippen molar-refractivity contribution in [3.8, 4) is 5.75 Å². The fraction of sp³-hybridized carbons (Fsp3) is 0.500. The largest absolute Gasteiger partial charge is 0.497 e. The summed E-state index contributed by atoms with van der Waals surface area (Å²) in [6.07, 6.45) is 1.33. The number of sulfone groups is 1. The maximum absolute atomic E-state index is 11.1. The van der Waals surface area contributed by atoms with Crippen molar-refractivity contribution >= 4 is 9.84 Å². The molecule has 0 spiro atoms. The van der Waals surface area contributed by atoms with Crippen LogP contribution in [-0.2, 0) is 15.4 Å². The summed E-state index contributed by atoms with van der Waals surface area (Å²) in [4.78, 5) is 0. The summed E-state index contributed by atoms with van der Waals surface area (Å²) >= 11 is 0. The second-order valence-electron chi connectivity index (χ2n) is 4.39. The van der Waals surface area contributed by atoms with Gasteiger partial charge in [-0.15, -0.1) is 0 Å². The van der Waals surface area contributed by atoms with Crippen molar-refractivity contribution in [3.05, 3.63) is 29.8 Å². The molecule has 1 aromatic rings. The van der Waals surface area contributed by atoms with Crippen LogP contribution in [-0.4, -0.2) is 32.6 Å². The SMILES string of the molecule is COc1cccc(C(C)(O)CCS(C)(=O)=O)c1. The van der Waals surface area contributed by atoms with Crippen molar-refractivity contribution in [3.63, 3.8) is 0 Å². The van der Waals surface area contributed by atoms with Crippen LogP contribution in [0.1, 0.15) is 18.9 Å². The standard InChI is InChI=1S/C12H18O4S/c1-12(13,7-8-17(3,14)15)10-5-4-6-11(9-10)16-2/h4-6,9,13H,7-8H2,1-3H3. The van der Waals surface area contributed by atoms with Gasteiger partial charge in [-0.25, -0.2) is 8.42 Å². The number of hydrogen-bond acceptors (Lipinski definition) is 4. The van der Waals surface area contributed by atoms with Gasteiger partial charge in [0.25, 0.3) is 0 Å². The summed E-state index contributed by atoms with van der Waals surface area (Å²) in [6, 6.07) is 7.01. The molecule has 1 aromatic carbocycles. The monoisotopic (exact) mass is 258 g/mol. The number of rotatable bonds is 5. The highest BCUT2D eigenvalue weighted by atomic mass is 32.2. The minimum atomic E-state index is -3.07. The van der Waals surface area contributed by atoms with Gasteiger partial charge in [-0.1, -0.05) is 12.1 Å². The predicted molar refractivity (Wildman–Crippen MR) is 66.9 cm³/mol. The molecule has 96 valence electrons. The maximum Gasteiger partial charge on any atom is 0.147 e. The number of ether oxygens (including phenoxy) is 1. The second kappa shape index (κ2) is 5.06. The molecule has 1 unspecified atom stereocenters. The van der Waals surface area contributed by atoms with Crippen LogP contribution >= 0.6 is 0 Å². The van der Waals surface area contributed by atoms with E-state index in [1.165, 1.54) is 0 Å². The number of hydrogen-bond donors (Lipinski definition) is 1. The van der Waals surface area contributed by atoms with Gasteiger partial charge in [0.15, 0.2) is 0 Å². The first-order valence-corrected chi connectivity index (χ1v) is 7.35. The summed E-state index contributed by atoms with van der Waals surface area (Å²) in [6.45, 7) is 1.60. The number of methoxy groups -OCH3 is 1. The molecular formula is C12H18O4S. The van der Waals surface area contributed by atoms with Crippen LogP contribution in [0.5, 0.6) is 5.75 Å². The minimum Gasteiger partial charge on any atom is -0.497 e. The van der Waals surface area contributed by atoms with Gasteiger partial charge in [0.05, 0.1) is 18.5 Å². The first-order chi connectivity index (χ1) is 7.74. The third-order valence-corrected chi connectivity index (χ3v) is 3.60. The highest BCUT2D eigenvalue weighted by Crippen LogP contribution is 2.27. The molecule has 1 rings (SSSR count). The van der Waals surface area contributed by atoms with E-state index in [9.17, 15) is 13.5 Å². The Morgan fingerprint density at radius 3 is 2.59 bits per heavy atom. The lowest BCUT2D eigenvalue weighted by atomic mass is 9.93. The molecule has 17 heavy (non-hydrogen) atoms. The summed E-state index contributed by atoms with van der Waals surface area (Å²) in [5, 5.41) is 10.2. The fourth-order valence-electron chi connectivity index (χ4n) is 1.49. The Bertz CT molecular complexity index is 477. The topological polar surface area (TPSA) is 63.6 Å². The van der Waals surface area contributed by atoms with Crippen molar-refractivity contribution in [1.82, 2.24) is 0 Å². The third kappa shape index (κ3) is 4.36. The van der Waals surface area contributed by atoms with Gasteiger partial charge in [0, 0.05) is 6.26 Å². The van der Waals surface area contributed by atoms with E-state index in [0.29, 0.717) is 11.3 Å². The predicted octanol–water partition coefficient (Wildman–Crippen LogP) is 1.34. The van der Waals surface area contributed by atoms with E-state index in [1.807, 2.05) is 0 Å². The Labute approximate surface area is 102 Å². The molecule has 0 radical (unpaired) electrons. The first kappa shape index (κ1) is 14.0. The quantitative estimate of drug-likeness (QED) is 0.865. The van der Waals surface area contributed by atoms with Gasteiger partial charge in [-0.05, 0) is 31.0 Å². The van der Waals surface area contributed by atoms with Gasteiger partial charge < -0.3 is 9.84 Å². The molecule has 0 saturated carbocycles. The van der Waals surface area contributed by atoms with Crippen LogP contribution in [0.25, 0.3) is 0 Å². The van der Waals surface area contributed by atoms with Gasteiger partial charge in [-0.3, -0.25) is 0 Å². The number of aliphatic hydroxyl groups is 1. The van der Waals surface area contributed by atoms with Crippen molar-refractivity contribution in [2.75, 3.05) is 19.1 Å². The summed E-state index contributed by atoms with van der Waals surface area (Å²) in [7, 11) is -1.53. The van der Waals surface area contributed by atoms with E-state index < -0.39 is 15.4 Å². The van der Waals surface area contributed by atoms with E-state index in [-0.39, 0.29) is 12.2 Å². The lowest BCUT2D eigenvalue weighted by molar-refractivity contribution is 0.0537. The van der Waals surface area contributed by atoms with Crippen LogP contribution in [0.15, 0.2) is 24.3 Å². The van der Waals surface area contributed by atoms with Crippen molar-refractivity contribution in [2.24, 2.45) is 0 Å². The molecule has 5 heteroatoms. The van der Waals surface area contributed by atoms with Crippen LogP contribution in [0, 0.1) is 0 Å². The average molecular weight is 258 g/mol. The Hall–Kier alpha value is -1.07. The Morgan fingerprint density at radius 2 is 2.06 bits per heavy atom. The van der Waals surface area contributed by atoms with E-state index in [0.717, 1.165) is 6.26 Å². The first-order valence-electron chi connectivity index (χ1n) is 5.29. The molecule has 0 aliphatic carbocycles. The van der Waals surface area contributed by atoms with Crippen LogP contribution in [0.3, 0.4) is 0 Å². The van der Waals surface area contributed by atoms with Gasteiger partial charge in [-0.2, -0.15) is 0 Å². The maximum atomic E-state index is 11.1. The van der Waals surface area contributed by atoms with Crippen molar-refractivity contribution in [2.45, 2.75) is 18.9 Å². The van der Waals surface area contributed by atoms with Crippen LogP contribution in [0.4, 0.5) is 0 Å².